The van der Waals surface area contributed by atoms with E-state index in [-0.39, 0.29) is 4.95 Å². The van der Waals surface area contributed by atoms with Crippen LogP contribution in [-0.2, 0) is 4.74 Å². The molecule has 2 rings (SSSR count). The van der Waals surface area contributed by atoms with Crippen LogP contribution in [0.5, 0.6) is 0 Å². The Hall–Kier alpha value is -2.21. The largest absolute Gasteiger partial charge is 0.452 e. The molecule has 1 atom stereocenters. The van der Waals surface area contributed by atoms with Crippen LogP contribution < -0.4 is 4.90 Å². The quantitative estimate of drug-likeness (QED) is 0.437. The predicted molar refractivity (Wildman–Crippen MR) is 89.9 cm³/mol. The number of hydrogen-bond acceptors (Lipinski definition) is 4. The second-order valence-electron chi connectivity index (χ2n) is 4.40. The number of hydrogen-bond donors (Lipinski definition) is 0. The van der Waals surface area contributed by atoms with Crippen molar-refractivity contribution in [2.45, 2.75) is 4.95 Å². The molecule has 6 heteroatoms. The minimum atomic E-state index is -0.439. The third-order valence-corrected chi connectivity index (χ3v) is 3.32. The molecule has 0 aliphatic carbocycles. The van der Waals surface area contributed by atoms with Crippen LogP contribution >= 0.6 is 15.9 Å². The summed E-state index contributed by atoms with van der Waals surface area (Å²) in [5, 5.41) is 8.31. The van der Waals surface area contributed by atoms with Gasteiger partial charge in [0.1, 0.15) is 4.95 Å². The van der Waals surface area contributed by atoms with E-state index in [0.29, 0.717) is 6.54 Å². The fourth-order valence-electron chi connectivity index (χ4n) is 1.81. The summed E-state index contributed by atoms with van der Waals surface area (Å²) in [7, 11) is 1.35. The molecule has 22 heavy (non-hydrogen) atoms. The molecule has 0 fully saturated rings. The van der Waals surface area contributed by atoms with Crippen molar-refractivity contribution >= 4 is 33.4 Å². The van der Waals surface area contributed by atoms with Gasteiger partial charge in [0.2, 0.25) is 0 Å². The summed E-state index contributed by atoms with van der Waals surface area (Å²) in [5.41, 5.74) is 1.50. The molecule has 0 saturated heterocycles. The Morgan fingerprint density at radius 3 is 2.32 bits per heavy atom. The fraction of sp³-hybridized carbons (Fsp3) is 0.188. The van der Waals surface area contributed by atoms with Gasteiger partial charge in [0.05, 0.1) is 19.3 Å². The average molecular weight is 362 g/mol. The second kappa shape index (κ2) is 8.29. The van der Waals surface area contributed by atoms with E-state index >= 15 is 0 Å². The smallest absolute Gasteiger partial charge is 0.414 e. The lowest BCUT2D eigenvalue weighted by molar-refractivity contribution is 0.178. The number of azo groups is 1. The number of halogens is 1. The van der Waals surface area contributed by atoms with E-state index in [2.05, 4.69) is 26.2 Å². The summed E-state index contributed by atoms with van der Waals surface area (Å²) in [6.07, 6.45) is -0.439. The highest BCUT2D eigenvalue weighted by Gasteiger charge is 2.19. The summed E-state index contributed by atoms with van der Waals surface area (Å²) < 4.78 is 4.82. The average Bonchev–Trinajstić information content (AvgIpc) is 2.59. The van der Waals surface area contributed by atoms with E-state index in [9.17, 15) is 4.79 Å². The van der Waals surface area contributed by atoms with Gasteiger partial charge < -0.3 is 4.74 Å². The molecule has 2 aromatic rings. The second-order valence-corrected chi connectivity index (χ2v) is 5.46. The number of ether oxygens (including phenoxy) is 1. The molecule has 0 spiro atoms. The Labute approximate surface area is 137 Å². The van der Waals surface area contributed by atoms with Crippen LogP contribution in [0.1, 0.15) is 0 Å². The monoisotopic (exact) mass is 361 g/mol. The maximum absolute atomic E-state index is 11.9. The molecule has 1 unspecified atom stereocenters. The summed E-state index contributed by atoms with van der Waals surface area (Å²) in [6, 6.07) is 18.7. The van der Waals surface area contributed by atoms with Gasteiger partial charge in [-0.2, -0.15) is 10.2 Å². The fourth-order valence-corrected chi connectivity index (χ4v) is 2.20. The number of carbonyl (C=O) groups is 1. The van der Waals surface area contributed by atoms with Crippen molar-refractivity contribution < 1.29 is 9.53 Å². The number of nitrogens with zero attached hydrogens (tertiary/aromatic N) is 3. The lowest BCUT2D eigenvalue weighted by Gasteiger charge is -2.22. The van der Waals surface area contributed by atoms with Gasteiger partial charge in [0.25, 0.3) is 0 Å². The van der Waals surface area contributed by atoms with Gasteiger partial charge in [-0.15, -0.1) is 0 Å². The van der Waals surface area contributed by atoms with E-state index in [1.807, 2.05) is 60.7 Å². The van der Waals surface area contributed by atoms with Crippen LogP contribution in [0.4, 0.5) is 16.2 Å². The molecular weight excluding hydrogens is 346 g/mol. The van der Waals surface area contributed by atoms with Crippen molar-refractivity contribution in [3.8, 4) is 0 Å². The normalized spacial score (nSPS) is 12.1. The zero-order valence-electron chi connectivity index (χ0n) is 12.1. The highest BCUT2D eigenvalue weighted by molar-refractivity contribution is 9.09. The maximum atomic E-state index is 11.9. The van der Waals surface area contributed by atoms with E-state index in [1.165, 1.54) is 12.0 Å². The van der Waals surface area contributed by atoms with Crippen LogP contribution in [-0.4, -0.2) is 24.7 Å². The van der Waals surface area contributed by atoms with Crippen LogP contribution in [0, 0.1) is 0 Å². The molecule has 0 bridgehead atoms. The minimum absolute atomic E-state index is 0.313. The predicted octanol–water partition coefficient (Wildman–Crippen LogP) is 4.76. The van der Waals surface area contributed by atoms with Gasteiger partial charge in [0, 0.05) is 5.69 Å². The number of methoxy groups -OCH3 is 1. The van der Waals surface area contributed by atoms with Crippen molar-refractivity contribution in [3.05, 3.63) is 60.7 Å². The standard InChI is InChI=1S/C16H16BrN3O2/c1-22-16(21)20(14-10-6-3-7-11-14)12-15(17)19-18-13-8-4-2-5-9-13/h2-11,15H,12H2,1H3. The SMILES string of the molecule is COC(=O)N(CC(Br)N=Nc1ccccc1)c1ccccc1. The van der Waals surface area contributed by atoms with Gasteiger partial charge in [-0.25, -0.2) is 4.79 Å². The van der Waals surface area contributed by atoms with Crippen molar-refractivity contribution in [1.29, 1.82) is 0 Å². The summed E-state index contributed by atoms with van der Waals surface area (Å²) in [6.45, 7) is 0.313. The molecule has 0 radical (unpaired) electrons. The highest BCUT2D eigenvalue weighted by atomic mass is 79.9. The Bertz CT molecular complexity index is 620. The van der Waals surface area contributed by atoms with Gasteiger partial charge in [-0.1, -0.05) is 52.3 Å². The molecule has 114 valence electrons. The number of carbonyl (C=O) groups excluding carboxylic acids is 1. The number of anilines is 1. The molecule has 5 nitrogen and oxygen atoms in total. The Kier molecular flexibility index (Phi) is 6.09. The minimum Gasteiger partial charge on any atom is -0.452 e. The first kappa shape index (κ1) is 16.2. The topological polar surface area (TPSA) is 54.3 Å². The van der Waals surface area contributed by atoms with Crippen LogP contribution in [0.25, 0.3) is 0 Å². The van der Waals surface area contributed by atoms with E-state index in [4.69, 9.17) is 4.74 Å². The van der Waals surface area contributed by atoms with Gasteiger partial charge in [-0.05, 0) is 24.3 Å². The third kappa shape index (κ3) is 4.66. The van der Waals surface area contributed by atoms with E-state index in [1.54, 1.807) is 0 Å². The Morgan fingerprint density at radius 2 is 1.73 bits per heavy atom. The lowest BCUT2D eigenvalue weighted by atomic mass is 10.3. The Morgan fingerprint density at radius 1 is 1.14 bits per heavy atom. The molecule has 0 aliphatic heterocycles. The lowest BCUT2D eigenvalue weighted by Crippen LogP contribution is -2.35. The van der Waals surface area contributed by atoms with Crippen LogP contribution in [0.3, 0.4) is 0 Å². The maximum Gasteiger partial charge on any atom is 0.414 e. The molecule has 0 saturated carbocycles. The van der Waals surface area contributed by atoms with Crippen molar-refractivity contribution in [3.63, 3.8) is 0 Å². The summed E-state index contributed by atoms with van der Waals surface area (Å²) in [4.78, 5) is 13.1. The first-order valence-corrected chi connectivity index (χ1v) is 7.63. The Balaban J connectivity index is 2.07. The van der Waals surface area contributed by atoms with Crippen molar-refractivity contribution in [2.75, 3.05) is 18.6 Å². The molecule has 0 heterocycles. The number of benzene rings is 2. The molecule has 0 aliphatic rings. The highest BCUT2D eigenvalue weighted by Crippen LogP contribution is 2.19. The summed E-state index contributed by atoms with van der Waals surface area (Å²) >= 11 is 3.42. The van der Waals surface area contributed by atoms with Gasteiger partial charge in [-0.3, -0.25) is 4.90 Å². The van der Waals surface area contributed by atoms with E-state index in [0.717, 1.165) is 11.4 Å². The zero-order chi connectivity index (χ0) is 15.8. The third-order valence-electron chi connectivity index (χ3n) is 2.85. The molecule has 0 aromatic heterocycles. The number of rotatable bonds is 5. The van der Waals surface area contributed by atoms with Gasteiger partial charge in [0.15, 0.2) is 0 Å². The number of amides is 1. The van der Waals surface area contributed by atoms with Crippen LogP contribution in [0.2, 0.25) is 0 Å². The van der Waals surface area contributed by atoms with Crippen molar-refractivity contribution in [2.24, 2.45) is 10.2 Å². The molecular formula is C16H16BrN3O2. The first-order valence-electron chi connectivity index (χ1n) is 6.71. The molecule has 1 amide bonds. The number of alkyl halides is 1. The molecule has 0 N–H and O–H groups in total. The first-order chi connectivity index (χ1) is 10.7. The van der Waals surface area contributed by atoms with Crippen LogP contribution in [0.15, 0.2) is 70.9 Å². The molecule has 2 aromatic carbocycles. The zero-order valence-corrected chi connectivity index (χ0v) is 13.7. The summed E-state index contributed by atoms with van der Waals surface area (Å²) in [5.74, 6) is 0. The van der Waals surface area contributed by atoms with E-state index < -0.39 is 6.09 Å². The number of para-hydroxylation sites is 1. The van der Waals surface area contributed by atoms with Crippen molar-refractivity contribution in [1.82, 2.24) is 0 Å². The van der Waals surface area contributed by atoms with Gasteiger partial charge >= 0.3 is 6.09 Å².